The third kappa shape index (κ3) is 4.87. The molecule has 0 spiro atoms. The summed E-state index contributed by atoms with van der Waals surface area (Å²) in [5, 5.41) is 5.58. The van der Waals surface area contributed by atoms with Crippen molar-refractivity contribution in [2.75, 3.05) is 20.1 Å². The van der Waals surface area contributed by atoms with Crippen molar-refractivity contribution in [3.05, 3.63) is 29.8 Å². The first kappa shape index (κ1) is 13.5. The van der Waals surface area contributed by atoms with Gasteiger partial charge in [-0.05, 0) is 30.7 Å². The molecule has 0 bridgehead atoms. The molecular weight excluding hydrogens is 216 g/mol. The van der Waals surface area contributed by atoms with E-state index in [9.17, 15) is 4.79 Å². The van der Waals surface area contributed by atoms with Crippen LogP contribution in [0.3, 0.4) is 0 Å². The highest BCUT2D eigenvalue weighted by Crippen LogP contribution is 2.18. The van der Waals surface area contributed by atoms with Gasteiger partial charge in [-0.3, -0.25) is 0 Å². The molecule has 1 aromatic rings. The van der Waals surface area contributed by atoms with E-state index in [4.69, 9.17) is 4.74 Å². The second kappa shape index (κ2) is 6.91. The Morgan fingerprint density at radius 1 is 1.24 bits per heavy atom. The number of amides is 1. The summed E-state index contributed by atoms with van der Waals surface area (Å²) in [6.45, 7) is 5.53. The normalized spacial score (nSPS) is 10.4. The lowest BCUT2D eigenvalue weighted by Crippen LogP contribution is -2.32. The Kier molecular flexibility index (Phi) is 5.49. The second-order valence-corrected chi connectivity index (χ2v) is 4.14. The minimum Gasteiger partial charge on any atom is -0.410 e. The maximum atomic E-state index is 11.3. The van der Waals surface area contributed by atoms with Gasteiger partial charge in [-0.15, -0.1) is 0 Å². The minimum absolute atomic E-state index is 0.419. The van der Waals surface area contributed by atoms with E-state index in [2.05, 4.69) is 24.5 Å². The standard InChI is InChI=1S/C13H20N2O2/c1-10(2)11-4-6-12(7-5-11)17-13(16)15-9-8-14-3/h4-7,10,14H,8-9H2,1-3H3,(H,15,16). The highest BCUT2D eigenvalue weighted by atomic mass is 16.5. The van der Waals surface area contributed by atoms with Crippen LogP contribution in [-0.2, 0) is 0 Å². The van der Waals surface area contributed by atoms with Crippen molar-refractivity contribution in [1.82, 2.24) is 10.6 Å². The lowest BCUT2D eigenvalue weighted by atomic mass is 10.0. The number of rotatable bonds is 5. The van der Waals surface area contributed by atoms with Gasteiger partial charge in [0.25, 0.3) is 0 Å². The molecular formula is C13H20N2O2. The van der Waals surface area contributed by atoms with E-state index >= 15 is 0 Å². The predicted molar refractivity (Wildman–Crippen MR) is 68.5 cm³/mol. The van der Waals surface area contributed by atoms with Crippen LogP contribution >= 0.6 is 0 Å². The second-order valence-electron chi connectivity index (χ2n) is 4.14. The molecule has 1 amide bonds. The van der Waals surface area contributed by atoms with Crippen molar-refractivity contribution >= 4 is 6.09 Å². The SMILES string of the molecule is CNCCNC(=O)Oc1ccc(C(C)C)cc1. The van der Waals surface area contributed by atoms with E-state index in [-0.39, 0.29) is 0 Å². The van der Waals surface area contributed by atoms with Crippen LogP contribution < -0.4 is 15.4 Å². The van der Waals surface area contributed by atoms with Crippen molar-refractivity contribution in [3.63, 3.8) is 0 Å². The number of carbonyl (C=O) groups is 1. The van der Waals surface area contributed by atoms with Gasteiger partial charge in [0.2, 0.25) is 0 Å². The summed E-state index contributed by atoms with van der Waals surface area (Å²) in [6.07, 6.45) is -0.419. The summed E-state index contributed by atoms with van der Waals surface area (Å²) in [7, 11) is 1.83. The van der Waals surface area contributed by atoms with Crippen LogP contribution in [-0.4, -0.2) is 26.2 Å². The molecule has 17 heavy (non-hydrogen) atoms. The van der Waals surface area contributed by atoms with E-state index in [1.165, 1.54) is 5.56 Å². The molecule has 0 aromatic heterocycles. The van der Waals surface area contributed by atoms with Gasteiger partial charge < -0.3 is 15.4 Å². The Hall–Kier alpha value is -1.55. The Balaban J connectivity index is 2.43. The van der Waals surface area contributed by atoms with Crippen molar-refractivity contribution in [2.24, 2.45) is 0 Å². The first-order chi connectivity index (χ1) is 8.13. The monoisotopic (exact) mass is 236 g/mol. The number of hydrogen-bond donors (Lipinski definition) is 2. The fourth-order valence-corrected chi connectivity index (χ4v) is 1.35. The summed E-state index contributed by atoms with van der Waals surface area (Å²) in [4.78, 5) is 11.3. The highest BCUT2D eigenvalue weighted by Gasteiger charge is 2.04. The Bertz CT molecular complexity index is 347. The van der Waals surface area contributed by atoms with Crippen LogP contribution in [0.4, 0.5) is 4.79 Å². The van der Waals surface area contributed by atoms with E-state index in [1.54, 1.807) is 0 Å². The predicted octanol–water partition coefficient (Wildman–Crippen LogP) is 2.12. The van der Waals surface area contributed by atoms with Crippen LogP contribution in [0.5, 0.6) is 5.75 Å². The molecule has 1 aromatic carbocycles. The van der Waals surface area contributed by atoms with Gasteiger partial charge >= 0.3 is 6.09 Å². The molecule has 4 heteroatoms. The molecule has 0 aliphatic rings. The van der Waals surface area contributed by atoms with Gasteiger partial charge in [0.05, 0.1) is 0 Å². The summed E-state index contributed by atoms with van der Waals surface area (Å²) in [5.74, 6) is 1.05. The summed E-state index contributed by atoms with van der Waals surface area (Å²) in [6, 6.07) is 7.57. The van der Waals surface area contributed by atoms with E-state index in [0.717, 1.165) is 6.54 Å². The smallest absolute Gasteiger partial charge is 0.410 e. The maximum absolute atomic E-state index is 11.3. The van der Waals surface area contributed by atoms with Gasteiger partial charge in [-0.1, -0.05) is 26.0 Å². The Morgan fingerprint density at radius 2 is 1.88 bits per heavy atom. The fraction of sp³-hybridized carbons (Fsp3) is 0.462. The van der Waals surface area contributed by atoms with Gasteiger partial charge in [-0.2, -0.15) is 0 Å². The van der Waals surface area contributed by atoms with E-state index in [0.29, 0.717) is 18.2 Å². The van der Waals surface area contributed by atoms with Gasteiger partial charge in [0, 0.05) is 13.1 Å². The van der Waals surface area contributed by atoms with Crippen LogP contribution in [0.25, 0.3) is 0 Å². The average Bonchev–Trinajstić information content (AvgIpc) is 2.30. The van der Waals surface area contributed by atoms with Crippen LogP contribution in [0.2, 0.25) is 0 Å². The lowest BCUT2D eigenvalue weighted by Gasteiger charge is -2.08. The summed E-state index contributed by atoms with van der Waals surface area (Å²) < 4.78 is 5.12. The molecule has 1 rings (SSSR count). The molecule has 2 N–H and O–H groups in total. The van der Waals surface area contributed by atoms with Crippen LogP contribution in [0.1, 0.15) is 25.3 Å². The molecule has 94 valence electrons. The van der Waals surface area contributed by atoms with Crippen molar-refractivity contribution in [2.45, 2.75) is 19.8 Å². The molecule has 0 saturated carbocycles. The minimum atomic E-state index is -0.419. The zero-order chi connectivity index (χ0) is 12.7. The molecule has 0 unspecified atom stereocenters. The largest absolute Gasteiger partial charge is 0.412 e. The molecule has 0 heterocycles. The number of likely N-dealkylation sites (N-methyl/N-ethyl adjacent to an activating group) is 1. The molecule has 0 aliphatic heterocycles. The van der Waals surface area contributed by atoms with Gasteiger partial charge in [-0.25, -0.2) is 4.79 Å². The zero-order valence-corrected chi connectivity index (χ0v) is 10.6. The molecule has 4 nitrogen and oxygen atoms in total. The van der Waals surface area contributed by atoms with Crippen molar-refractivity contribution in [3.8, 4) is 5.75 Å². The van der Waals surface area contributed by atoms with Crippen LogP contribution in [0, 0.1) is 0 Å². The number of nitrogens with one attached hydrogen (secondary N) is 2. The summed E-state index contributed by atoms with van der Waals surface area (Å²) in [5.41, 5.74) is 1.23. The Morgan fingerprint density at radius 3 is 2.41 bits per heavy atom. The third-order valence-corrected chi connectivity index (χ3v) is 2.40. The fourth-order valence-electron chi connectivity index (χ4n) is 1.35. The van der Waals surface area contributed by atoms with Crippen LogP contribution in [0.15, 0.2) is 24.3 Å². The highest BCUT2D eigenvalue weighted by molar-refractivity contribution is 5.70. The zero-order valence-electron chi connectivity index (χ0n) is 10.6. The molecule has 0 radical (unpaired) electrons. The average molecular weight is 236 g/mol. The van der Waals surface area contributed by atoms with Crippen molar-refractivity contribution in [1.29, 1.82) is 0 Å². The third-order valence-electron chi connectivity index (χ3n) is 2.40. The topological polar surface area (TPSA) is 50.4 Å². The maximum Gasteiger partial charge on any atom is 0.412 e. The van der Waals surface area contributed by atoms with E-state index in [1.807, 2.05) is 31.3 Å². The number of benzene rings is 1. The molecule has 0 fully saturated rings. The molecule has 0 saturated heterocycles. The number of hydrogen-bond acceptors (Lipinski definition) is 3. The first-order valence-corrected chi connectivity index (χ1v) is 5.83. The first-order valence-electron chi connectivity index (χ1n) is 5.83. The van der Waals surface area contributed by atoms with Gasteiger partial charge in [0.1, 0.15) is 5.75 Å². The quantitative estimate of drug-likeness (QED) is 0.770. The lowest BCUT2D eigenvalue weighted by molar-refractivity contribution is 0.200. The number of carbonyl (C=O) groups excluding carboxylic acids is 1. The van der Waals surface area contributed by atoms with Crippen molar-refractivity contribution < 1.29 is 9.53 Å². The summed E-state index contributed by atoms with van der Waals surface area (Å²) >= 11 is 0. The Labute approximate surface area is 102 Å². The van der Waals surface area contributed by atoms with Gasteiger partial charge in [0.15, 0.2) is 0 Å². The molecule has 0 atom stereocenters. The number of ether oxygens (including phenoxy) is 1. The van der Waals surface area contributed by atoms with E-state index < -0.39 is 6.09 Å². The molecule has 0 aliphatic carbocycles.